The molecule has 0 aliphatic heterocycles. The molecule has 0 radical (unpaired) electrons. The fraction of sp³-hybridized carbons (Fsp3) is 0.228. The van der Waals surface area contributed by atoms with E-state index in [-0.39, 0.29) is 5.41 Å². The average Bonchev–Trinajstić information content (AvgIpc) is 3.47. The molecular weight excluding hydrogens is 743 g/mol. The van der Waals surface area contributed by atoms with Gasteiger partial charge in [0.05, 0.1) is 6.54 Å². The summed E-state index contributed by atoms with van der Waals surface area (Å²) < 4.78 is 6.44. The maximum absolute atomic E-state index is 6.74. The highest BCUT2D eigenvalue weighted by Crippen LogP contribution is 2.47. The molecule has 2 bridgehead atoms. The number of rotatable bonds is 10. The van der Waals surface area contributed by atoms with E-state index in [1.54, 1.807) is 0 Å². The van der Waals surface area contributed by atoms with Crippen LogP contribution in [0.5, 0.6) is 0 Å². The Morgan fingerprint density at radius 3 is 2.51 bits per heavy atom. The average molecular weight is 798 g/mol. The van der Waals surface area contributed by atoms with E-state index in [2.05, 4.69) is 137 Å². The summed E-state index contributed by atoms with van der Waals surface area (Å²) in [5.41, 5.74) is 22.2. The third-order valence-electron chi connectivity index (χ3n) is 13.3. The van der Waals surface area contributed by atoms with E-state index in [0.717, 1.165) is 58.2 Å². The number of nitrogens with zero attached hydrogens (tertiary/aromatic N) is 2. The molecule has 0 saturated heterocycles. The molecule has 4 aromatic carbocycles. The van der Waals surface area contributed by atoms with Crippen molar-refractivity contribution < 1.29 is 4.42 Å². The van der Waals surface area contributed by atoms with Crippen LogP contribution >= 0.6 is 0 Å². The SMILES string of the molecule is C=C/C(=C\Cc1c(C)oc2cccc(C(/N=C(\N)c3ccccc3)=N/Cc3ccc(C4=CC=C5CC(=C4)c4ccccc4C5(C)C)cc3)c12)C1C=CC(C2CC=CCC2)=CC1. The third-order valence-corrected chi connectivity index (χ3v) is 13.3. The lowest BCUT2D eigenvalue weighted by Gasteiger charge is -2.36. The van der Waals surface area contributed by atoms with Crippen LogP contribution in [0.25, 0.3) is 22.1 Å². The zero-order valence-electron chi connectivity index (χ0n) is 35.7. The van der Waals surface area contributed by atoms with Gasteiger partial charge in [-0.3, -0.25) is 4.99 Å². The first-order valence-corrected chi connectivity index (χ1v) is 21.9. The Balaban J connectivity index is 1.02. The maximum atomic E-state index is 6.74. The van der Waals surface area contributed by atoms with E-state index in [1.165, 1.54) is 57.4 Å². The highest BCUT2D eigenvalue weighted by molar-refractivity contribution is 6.16. The molecule has 1 aromatic heterocycles. The fourth-order valence-corrected chi connectivity index (χ4v) is 9.59. The zero-order valence-corrected chi connectivity index (χ0v) is 35.7. The van der Waals surface area contributed by atoms with Crippen molar-refractivity contribution in [2.45, 2.75) is 71.3 Å². The summed E-state index contributed by atoms with van der Waals surface area (Å²) in [6.07, 6.45) is 29.4. The molecule has 304 valence electrons. The maximum Gasteiger partial charge on any atom is 0.158 e. The minimum Gasteiger partial charge on any atom is -0.461 e. The Labute approximate surface area is 361 Å². The van der Waals surface area contributed by atoms with Crippen LogP contribution in [0.3, 0.4) is 0 Å². The molecule has 0 saturated carbocycles. The molecule has 0 amide bonds. The van der Waals surface area contributed by atoms with Crippen molar-refractivity contribution in [2.24, 2.45) is 27.6 Å². The van der Waals surface area contributed by atoms with Gasteiger partial charge in [0, 0.05) is 33.4 Å². The van der Waals surface area contributed by atoms with Crippen LogP contribution in [-0.4, -0.2) is 11.7 Å². The fourth-order valence-electron chi connectivity index (χ4n) is 9.59. The molecule has 4 heteroatoms. The van der Waals surface area contributed by atoms with Crippen molar-refractivity contribution in [3.8, 4) is 0 Å². The minimum absolute atomic E-state index is 0.00139. The van der Waals surface area contributed by atoms with Crippen molar-refractivity contribution >= 4 is 33.8 Å². The van der Waals surface area contributed by atoms with E-state index in [1.807, 2.05) is 48.5 Å². The number of hydrogen-bond donors (Lipinski definition) is 1. The van der Waals surface area contributed by atoms with E-state index in [0.29, 0.717) is 36.5 Å². The molecule has 2 atom stereocenters. The molecule has 2 N–H and O–H groups in total. The van der Waals surface area contributed by atoms with Crippen LogP contribution in [0, 0.1) is 18.8 Å². The van der Waals surface area contributed by atoms with Crippen LogP contribution in [0.4, 0.5) is 0 Å². The smallest absolute Gasteiger partial charge is 0.158 e. The van der Waals surface area contributed by atoms with Crippen molar-refractivity contribution in [3.63, 3.8) is 0 Å². The Morgan fingerprint density at radius 1 is 0.918 bits per heavy atom. The molecule has 4 nitrogen and oxygen atoms in total. The van der Waals surface area contributed by atoms with Gasteiger partial charge < -0.3 is 10.2 Å². The molecule has 4 aliphatic rings. The summed E-state index contributed by atoms with van der Waals surface area (Å²) in [5.74, 6) is 2.82. The van der Waals surface area contributed by atoms with Crippen LogP contribution in [0.1, 0.15) is 90.7 Å². The van der Waals surface area contributed by atoms with Crippen molar-refractivity contribution in [3.05, 3.63) is 226 Å². The third kappa shape index (κ3) is 8.20. The topological polar surface area (TPSA) is 63.9 Å². The summed E-state index contributed by atoms with van der Waals surface area (Å²) in [5, 5.41) is 1.02. The Morgan fingerprint density at radius 2 is 1.74 bits per heavy atom. The number of benzene rings is 4. The molecule has 5 aromatic rings. The Hall–Kier alpha value is -6.52. The van der Waals surface area contributed by atoms with Gasteiger partial charge in [-0.25, -0.2) is 4.99 Å². The second kappa shape index (κ2) is 17.2. The van der Waals surface area contributed by atoms with Crippen molar-refractivity contribution in [1.29, 1.82) is 0 Å². The van der Waals surface area contributed by atoms with Crippen molar-refractivity contribution in [1.82, 2.24) is 0 Å². The summed E-state index contributed by atoms with van der Waals surface area (Å²) in [6.45, 7) is 11.4. The standard InChI is InChI=1S/C57H55N3O/c1-5-40(42-27-29-43(30-28-42)41-15-8-6-9-16-41)32-34-49-38(2)61-53-22-14-20-51(54(49)53)56(60-55(58)45-17-10-7-11-18-45)59-37-39-23-25-44(26-24-39)46-31-33-48-36-47(35-46)50-19-12-13-21-52(50)57(48,3)4/h5-8,10-14,17-27,29-33,35,41-42H,1,9,15-16,28,34,36-37H2,2-4H3,(H2,58,59,60)/b40-32+. The number of hydrogen-bond acceptors (Lipinski definition) is 2. The van der Waals surface area contributed by atoms with Gasteiger partial charge in [-0.15, -0.1) is 0 Å². The number of fused-ring (bicyclic) bond motifs is 5. The normalized spacial score (nSPS) is 20.0. The second-order valence-corrected chi connectivity index (χ2v) is 17.3. The number of furan rings is 1. The summed E-state index contributed by atoms with van der Waals surface area (Å²) in [7, 11) is 0. The van der Waals surface area contributed by atoms with Gasteiger partial charge in [0.15, 0.2) is 5.84 Å². The summed E-state index contributed by atoms with van der Waals surface area (Å²) >= 11 is 0. The number of amidine groups is 2. The second-order valence-electron chi connectivity index (χ2n) is 17.3. The van der Waals surface area contributed by atoms with Crippen LogP contribution < -0.4 is 5.73 Å². The van der Waals surface area contributed by atoms with Crippen LogP contribution in [-0.2, 0) is 18.4 Å². The Bertz CT molecular complexity index is 2770. The van der Waals surface area contributed by atoms with Gasteiger partial charge in [-0.2, -0.15) is 0 Å². The molecule has 9 rings (SSSR count). The first kappa shape index (κ1) is 39.9. The van der Waals surface area contributed by atoms with E-state index < -0.39 is 0 Å². The quantitative estimate of drug-likeness (QED) is 0.0662. The van der Waals surface area contributed by atoms with Gasteiger partial charge in [0.1, 0.15) is 17.2 Å². The molecule has 0 fully saturated rings. The van der Waals surface area contributed by atoms with Gasteiger partial charge >= 0.3 is 0 Å². The Kier molecular flexibility index (Phi) is 11.3. The molecular formula is C57H55N3O. The van der Waals surface area contributed by atoms with Crippen LogP contribution in [0.2, 0.25) is 0 Å². The monoisotopic (exact) mass is 797 g/mol. The van der Waals surface area contributed by atoms with E-state index >= 15 is 0 Å². The highest BCUT2D eigenvalue weighted by atomic mass is 16.3. The highest BCUT2D eigenvalue weighted by Gasteiger charge is 2.34. The van der Waals surface area contributed by atoms with Crippen LogP contribution in [0.15, 0.2) is 196 Å². The van der Waals surface area contributed by atoms with Gasteiger partial charge in [-0.05, 0) is 102 Å². The lowest BCUT2D eigenvalue weighted by atomic mass is 9.67. The minimum atomic E-state index is -0.00139. The number of allylic oxidation sites excluding steroid dienone is 15. The van der Waals surface area contributed by atoms with E-state index in [9.17, 15) is 0 Å². The summed E-state index contributed by atoms with van der Waals surface area (Å²) in [6, 6.07) is 33.7. The van der Waals surface area contributed by atoms with Crippen molar-refractivity contribution in [2.75, 3.05) is 0 Å². The van der Waals surface area contributed by atoms with E-state index in [4.69, 9.17) is 20.1 Å². The van der Waals surface area contributed by atoms with Gasteiger partial charge in [-0.1, -0.05) is 178 Å². The first-order valence-electron chi connectivity index (χ1n) is 21.9. The lowest BCUT2D eigenvalue weighted by Crippen LogP contribution is -2.26. The molecule has 1 heterocycles. The number of nitrogens with two attached hydrogens (primary N) is 1. The summed E-state index contributed by atoms with van der Waals surface area (Å²) in [4.78, 5) is 10.3. The largest absolute Gasteiger partial charge is 0.461 e. The lowest BCUT2D eigenvalue weighted by molar-refractivity contribution is 0.555. The molecule has 4 aliphatic carbocycles. The first-order chi connectivity index (χ1) is 29.8. The predicted molar refractivity (Wildman–Crippen MR) is 257 cm³/mol. The van der Waals surface area contributed by atoms with Gasteiger partial charge in [0.2, 0.25) is 0 Å². The number of aryl methyl sites for hydroxylation is 1. The molecule has 2 unspecified atom stereocenters. The van der Waals surface area contributed by atoms with Gasteiger partial charge in [0.25, 0.3) is 0 Å². The molecule has 0 spiro atoms. The predicted octanol–water partition coefficient (Wildman–Crippen LogP) is 13.7. The molecule has 61 heavy (non-hydrogen) atoms. The number of aliphatic imine (C=N–C) groups is 2. The zero-order chi connectivity index (χ0) is 41.9.